The molecule has 3 rings (SSSR count). The van der Waals surface area contributed by atoms with Crippen molar-refractivity contribution in [2.24, 2.45) is 0 Å². The van der Waals surface area contributed by atoms with Gasteiger partial charge in [-0.1, -0.05) is 18.2 Å². The number of hydrogen-bond donors (Lipinski definition) is 5. The van der Waals surface area contributed by atoms with Gasteiger partial charge in [0.1, 0.15) is 5.75 Å². The third-order valence-corrected chi connectivity index (χ3v) is 2.69. The average Bonchev–Trinajstić information content (AvgIpc) is 2.25. The van der Waals surface area contributed by atoms with Crippen LogP contribution in [0.5, 0.6) is 5.75 Å². The standard InChI is InChI=1S/C6H8N2O.C6H6N2/c7-4-2-1-3-5(9)6(4)8;7-5-3-1-2-4(3)6(5)8/h1-3,9H,7-8H2;1-2H,7-8H2. The Bertz CT molecular complexity index is 534. The van der Waals surface area contributed by atoms with E-state index in [4.69, 9.17) is 28.0 Å². The van der Waals surface area contributed by atoms with Crippen LogP contribution in [-0.2, 0) is 0 Å². The average molecular weight is 230 g/mol. The summed E-state index contributed by atoms with van der Waals surface area (Å²) in [4.78, 5) is 0. The van der Waals surface area contributed by atoms with E-state index in [-0.39, 0.29) is 11.4 Å². The molecule has 0 spiro atoms. The molecule has 0 unspecified atom stereocenters. The number of para-hydroxylation sites is 1. The summed E-state index contributed by atoms with van der Waals surface area (Å²) in [5.41, 5.74) is 26.0. The lowest BCUT2D eigenvalue weighted by atomic mass is 9.88. The minimum Gasteiger partial charge on any atom is -0.506 e. The predicted molar refractivity (Wildman–Crippen MR) is 71.2 cm³/mol. The van der Waals surface area contributed by atoms with Gasteiger partial charge in [-0.2, -0.15) is 0 Å². The molecule has 1 aromatic rings. The van der Waals surface area contributed by atoms with Crippen LogP contribution >= 0.6 is 0 Å². The summed E-state index contributed by atoms with van der Waals surface area (Å²) in [6, 6.07) is 8.71. The van der Waals surface area contributed by atoms with E-state index in [2.05, 4.69) is 0 Å². The third kappa shape index (κ3) is 1.67. The lowest BCUT2D eigenvalue weighted by Crippen LogP contribution is -2.07. The maximum absolute atomic E-state index is 8.90. The summed E-state index contributed by atoms with van der Waals surface area (Å²) in [6.07, 6.45) is 0. The van der Waals surface area contributed by atoms with Crippen molar-refractivity contribution in [1.29, 1.82) is 0 Å². The van der Waals surface area contributed by atoms with Crippen molar-refractivity contribution in [3.63, 3.8) is 0 Å². The Balaban J connectivity index is 0.000000127. The van der Waals surface area contributed by atoms with E-state index in [1.165, 1.54) is 6.07 Å². The summed E-state index contributed by atoms with van der Waals surface area (Å²) in [5.74, 6) is 0.0370. The molecule has 0 heterocycles. The van der Waals surface area contributed by atoms with E-state index in [1.807, 2.05) is 12.1 Å². The van der Waals surface area contributed by atoms with E-state index < -0.39 is 0 Å². The number of hydrogen-bond acceptors (Lipinski definition) is 5. The van der Waals surface area contributed by atoms with Gasteiger partial charge in [0.2, 0.25) is 0 Å². The van der Waals surface area contributed by atoms with Crippen molar-refractivity contribution >= 4 is 22.7 Å². The van der Waals surface area contributed by atoms with E-state index in [1.54, 1.807) is 12.1 Å². The monoisotopic (exact) mass is 230 g/mol. The van der Waals surface area contributed by atoms with Crippen molar-refractivity contribution in [1.82, 2.24) is 0 Å². The smallest absolute Gasteiger partial charge is 0.140 e. The van der Waals surface area contributed by atoms with Crippen LogP contribution in [0.1, 0.15) is 0 Å². The largest absolute Gasteiger partial charge is 0.506 e. The first kappa shape index (κ1) is 10.9. The zero-order chi connectivity index (χ0) is 12.6. The Labute approximate surface area is 98.6 Å². The minimum absolute atomic E-state index is 0.0370. The van der Waals surface area contributed by atoms with Crippen molar-refractivity contribution in [2.75, 3.05) is 22.9 Å². The molecule has 0 saturated heterocycles. The first-order valence-corrected chi connectivity index (χ1v) is 5.03. The number of phenolic OH excluding ortho intramolecular Hbond substituents is 1. The Morgan fingerprint density at radius 3 is 1.53 bits per heavy atom. The summed E-state index contributed by atoms with van der Waals surface area (Å²) in [7, 11) is 0. The molecule has 17 heavy (non-hydrogen) atoms. The van der Waals surface area contributed by atoms with Gasteiger partial charge in [-0.15, -0.1) is 0 Å². The molecular formula is C12H14N4O. The molecule has 0 radical (unpaired) electrons. The first-order chi connectivity index (χ1) is 8.02. The van der Waals surface area contributed by atoms with Crippen LogP contribution in [0.3, 0.4) is 0 Å². The number of nitrogens with two attached hydrogens (primary N) is 4. The number of aromatic hydroxyl groups is 1. The van der Waals surface area contributed by atoms with Crippen LogP contribution < -0.4 is 22.9 Å². The molecule has 9 N–H and O–H groups in total. The Morgan fingerprint density at radius 2 is 1.24 bits per heavy atom. The molecule has 0 saturated carbocycles. The lowest BCUT2D eigenvalue weighted by Gasteiger charge is -2.21. The van der Waals surface area contributed by atoms with Crippen LogP contribution in [0.25, 0.3) is 11.1 Å². The zero-order valence-corrected chi connectivity index (χ0v) is 9.14. The minimum atomic E-state index is 0.0370. The topological polar surface area (TPSA) is 124 Å². The highest BCUT2D eigenvalue weighted by Crippen LogP contribution is 2.47. The van der Waals surface area contributed by atoms with Crippen LogP contribution in [-0.4, -0.2) is 5.11 Å². The summed E-state index contributed by atoms with van der Waals surface area (Å²) < 4.78 is 0. The zero-order valence-electron chi connectivity index (χ0n) is 9.14. The van der Waals surface area contributed by atoms with Crippen LogP contribution in [0.15, 0.2) is 30.3 Å². The van der Waals surface area contributed by atoms with Crippen molar-refractivity contribution in [2.45, 2.75) is 0 Å². The number of rotatable bonds is 0. The summed E-state index contributed by atoms with van der Waals surface area (Å²) in [5, 5.41) is 8.90. The lowest BCUT2D eigenvalue weighted by molar-refractivity contribution is 0.478. The van der Waals surface area contributed by atoms with E-state index in [0.29, 0.717) is 5.69 Å². The van der Waals surface area contributed by atoms with Gasteiger partial charge in [-0.3, -0.25) is 0 Å². The number of fused-ring (bicyclic) bond motifs is 1. The second kappa shape index (κ2) is 3.79. The van der Waals surface area contributed by atoms with Gasteiger partial charge in [0.25, 0.3) is 0 Å². The molecule has 0 amide bonds. The molecule has 5 nitrogen and oxygen atoms in total. The molecule has 0 fully saturated rings. The first-order valence-electron chi connectivity index (χ1n) is 5.03. The van der Waals surface area contributed by atoms with Crippen LogP contribution in [0.2, 0.25) is 0 Å². The SMILES string of the molecule is Nc1c2ccc-2c1N.Nc1cccc(O)c1N. The molecule has 2 aliphatic rings. The summed E-state index contributed by atoms with van der Waals surface area (Å²) >= 11 is 0. The number of phenols is 1. The van der Waals surface area contributed by atoms with Crippen molar-refractivity contribution in [3.05, 3.63) is 30.3 Å². The van der Waals surface area contributed by atoms with Gasteiger partial charge < -0.3 is 28.0 Å². The van der Waals surface area contributed by atoms with Crippen LogP contribution in [0, 0.1) is 0 Å². The number of anilines is 4. The van der Waals surface area contributed by atoms with Crippen molar-refractivity contribution in [3.8, 4) is 16.9 Å². The Kier molecular flexibility index (Phi) is 2.44. The van der Waals surface area contributed by atoms with Gasteiger partial charge in [0, 0.05) is 11.1 Å². The van der Waals surface area contributed by atoms with Gasteiger partial charge >= 0.3 is 0 Å². The Hall–Kier alpha value is -2.56. The molecule has 1 aromatic carbocycles. The van der Waals surface area contributed by atoms with Gasteiger partial charge in [-0.05, 0) is 12.1 Å². The van der Waals surface area contributed by atoms with Crippen LogP contribution in [0.4, 0.5) is 22.7 Å². The molecule has 0 aliphatic heterocycles. The molecule has 88 valence electrons. The highest BCUT2D eigenvalue weighted by molar-refractivity contribution is 6.05. The maximum Gasteiger partial charge on any atom is 0.140 e. The third-order valence-electron chi connectivity index (χ3n) is 2.69. The second-order valence-electron chi connectivity index (χ2n) is 3.77. The fourth-order valence-corrected chi connectivity index (χ4v) is 1.52. The number of benzene rings is 2. The normalized spacial score (nSPS) is 10.4. The fourth-order valence-electron chi connectivity index (χ4n) is 1.52. The maximum atomic E-state index is 8.90. The van der Waals surface area contributed by atoms with Gasteiger partial charge in [0.05, 0.1) is 22.7 Å². The highest BCUT2D eigenvalue weighted by Gasteiger charge is 2.20. The van der Waals surface area contributed by atoms with Crippen molar-refractivity contribution < 1.29 is 5.11 Å². The number of nitrogen functional groups attached to an aromatic ring is 4. The quantitative estimate of drug-likeness (QED) is 0.295. The van der Waals surface area contributed by atoms with E-state index in [9.17, 15) is 0 Å². The molecule has 5 heteroatoms. The molecule has 0 aromatic heterocycles. The molecule has 0 atom stereocenters. The van der Waals surface area contributed by atoms with Gasteiger partial charge in [-0.25, -0.2) is 0 Å². The second-order valence-corrected chi connectivity index (χ2v) is 3.77. The highest BCUT2D eigenvalue weighted by atomic mass is 16.3. The predicted octanol–water partition coefficient (Wildman–Crippen LogP) is 1.39. The molecular weight excluding hydrogens is 216 g/mol. The van der Waals surface area contributed by atoms with E-state index in [0.717, 1.165) is 22.5 Å². The summed E-state index contributed by atoms with van der Waals surface area (Å²) in [6.45, 7) is 0. The Morgan fingerprint density at radius 1 is 0.706 bits per heavy atom. The van der Waals surface area contributed by atoms with E-state index >= 15 is 0 Å². The fraction of sp³-hybridized carbons (Fsp3) is 0. The molecule has 2 aliphatic carbocycles. The van der Waals surface area contributed by atoms with Gasteiger partial charge in [0.15, 0.2) is 0 Å². The molecule has 0 bridgehead atoms.